The third-order valence-corrected chi connectivity index (χ3v) is 2.17. The molecular formula is C13H19N. The lowest BCUT2D eigenvalue weighted by molar-refractivity contribution is 0.792. The van der Waals surface area contributed by atoms with E-state index >= 15 is 0 Å². The van der Waals surface area contributed by atoms with Gasteiger partial charge in [0, 0.05) is 11.4 Å². The Balaban J connectivity index is 2.47. The minimum Gasteiger partial charge on any atom is -0.359 e. The summed E-state index contributed by atoms with van der Waals surface area (Å²) in [5.41, 5.74) is 3.53. The van der Waals surface area contributed by atoms with E-state index in [4.69, 9.17) is 0 Å². The van der Waals surface area contributed by atoms with Gasteiger partial charge in [-0.25, -0.2) is 0 Å². The maximum Gasteiger partial charge on any atom is 0.0384 e. The Morgan fingerprint density at radius 2 is 2.21 bits per heavy atom. The van der Waals surface area contributed by atoms with Crippen LogP contribution in [0.4, 0.5) is 5.69 Å². The summed E-state index contributed by atoms with van der Waals surface area (Å²) < 4.78 is 0. The van der Waals surface area contributed by atoms with Gasteiger partial charge in [0.1, 0.15) is 0 Å². The molecule has 0 aliphatic carbocycles. The molecule has 0 aliphatic heterocycles. The average Bonchev–Trinajstić information content (AvgIpc) is 2.15. The predicted molar refractivity (Wildman–Crippen MR) is 63.5 cm³/mol. The third-order valence-electron chi connectivity index (χ3n) is 2.17. The van der Waals surface area contributed by atoms with Gasteiger partial charge in [-0.3, -0.25) is 0 Å². The number of hydrogen-bond donors (Lipinski definition) is 1. The summed E-state index contributed by atoms with van der Waals surface area (Å²) in [6, 6.07) is 8.37. The molecule has 0 saturated carbocycles. The van der Waals surface area contributed by atoms with Crippen molar-refractivity contribution in [2.45, 2.75) is 33.1 Å². The molecule has 0 aromatic heterocycles. The fourth-order valence-electron chi connectivity index (χ4n) is 1.38. The van der Waals surface area contributed by atoms with Gasteiger partial charge in [-0.15, -0.1) is 0 Å². The fourth-order valence-corrected chi connectivity index (χ4v) is 1.38. The minimum atomic E-state index is 1.06. The SMILES string of the molecule is C=C(CCCC)Nc1cccc(C)c1. The lowest BCUT2D eigenvalue weighted by Gasteiger charge is -2.09. The first-order valence-corrected chi connectivity index (χ1v) is 5.24. The molecule has 1 aromatic carbocycles. The molecule has 0 bridgehead atoms. The van der Waals surface area contributed by atoms with E-state index in [1.165, 1.54) is 18.4 Å². The molecule has 14 heavy (non-hydrogen) atoms. The molecule has 1 aromatic rings. The molecule has 0 atom stereocenters. The van der Waals surface area contributed by atoms with Crippen LogP contribution in [0.15, 0.2) is 36.5 Å². The molecule has 0 aliphatic rings. The molecule has 1 heteroatoms. The maximum absolute atomic E-state index is 4.01. The van der Waals surface area contributed by atoms with Gasteiger partial charge in [0.2, 0.25) is 0 Å². The molecule has 0 spiro atoms. The van der Waals surface area contributed by atoms with Crippen molar-refractivity contribution in [3.8, 4) is 0 Å². The van der Waals surface area contributed by atoms with Crippen LogP contribution in [0.25, 0.3) is 0 Å². The van der Waals surface area contributed by atoms with E-state index in [9.17, 15) is 0 Å². The van der Waals surface area contributed by atoms with Gasteiger partial charge in [0.15, 0.2) is 0 Å². The number of hydrogen-bond acceptors (Lipinski definition) is 1. The quantitative estimate of drug-likeness (QED) is 0.735. The van der Waals surface area contributed by atoms with E-state index in [-0.39, 0.29) is 0 Å². The number of allylic oxidation sites excluding steroid dienone is 1. The Bertz CT molecular complexity index is 302. The van der Waals surface area contributed by atoms with Crippen LogP contribution >= 0.6 is 0 Å². The van der Waals surface area contributed by atoms with Crippen molar-refractivity contribution >= 4 is 5.69 Å². The van der Waals surface area contributed by atoms with Crippen LogP contribution in [0.3, 0.4) is 0 Å². The highest BCUT2D eigenvalue weighted by Gasteiger charge is 1.95. The largest absolute Gasteiger partial charge is 0.359 e. The summed E-state index contributed by atoms with van der Waals surface area (Å²) in [6.45, 7) is 8.30. The molecule has 1 rings (SSSR count). The Morgan fingerprint density at radius 1 is 1.43 bits per heavy atom. The van der Waals surface area contributed by atoms with Gasteiger partial charge in [-0.2, -0.15) is 0 Å². The highest BCUT2D eigenvalue weighted by molar-refractivity contribution is 5.49. The van der Waals surface area contributed by atoms with Gasteiger partial charge in [0.05, 0.1) is 0 Å². The second kappa shape index (κ2) is 5.48. The van der Waals surface area contributed by atoms with E-state index in [0.717, 1.165) is 17.8 Å². The molecule has 0 unspecified atom stereocenters. The van der Waals surface area contributed by atoms with E-state index < -0.39 is 0 Å². The van der Waals surface area contributed by atoms with Crippen molar-refractivity contribution in [3.05, 3.63) is 42.1 Å². The lowest BCUT2D eigenvalue weighted by atomic mass is 10.2. The Labute approximate surface area is 86.8 Å². The van der Waals surface area contributed by atoms with Gasteiger partial charge >= 0.3 is 0 Å². The zero-order chi connectivity index (χ0) is 10.4. The van der Waals surface area contributed by atoms with Crippen molar-refractivity contribution in [1.29, 1.82) is 0 Å². The zero-order valence-electron chi connectivity index (χ0n) is 9.14. The first kappa shape index (κ1) is 10.8. The predicted octanol–water partition coefficient (Wildman–Crippen LogP) is 4.11. The Kier molecular flexibility index (Phi) is 4.24. The van der Waals surface area contributed by atoms with Crippen LogP contribution in [-0.4, -0.2) is 0 Å². The summed E-state index contributed by atoms with van der Waals surface area (Å²) >= 11 is 0. The molecule has 1 nitrogen and oxygen atoms in total. The van der Waals surface area contributed by atoms with Crippen LogP contribution < -0.4 is 5.32 Å². The van der Waals surface area contributed by atoms with E-state index in [2.05, 4.69) is 50.0 Å². The number of benzene rings is 1. The molecule has 0 heterocycles. The smallest absolute Gasteiger partial charge is 0.0384 e. The summed E-state index contributed by atoms with van der Waals surface area (Å²) in [6.07, 6.45) is 3.48. The second-order valence-corrected chi connectivity index (χ2v) is 3.70. The summed E-state index contributed by atoms with van der Waals surface area (Å²) in [5.74, 6) is 0. The average molecular weight is 189 g/mol. The number of aryl methyl sites for hydroxylation is 1. The van der Waals surface area contributed by atoms with Gasteiger partial charge in [-0.1, -0.05) is 32.1 Å². The van der Waals surface area contributed by atoms with Crippen molar-refractivity contribution < 1.29 is 0 Å². The normalized spacial score (nSPS) is 9.86. The molecular weight excluding hydrogens is 170 g/mol. The van der Waals surface area contributed by atoms with Gasteiger partial charge in [-0.05, 0) is 37.5 Å². The molecule has 0 radical (unpaired) electrons. The van der Waals surface area contributed by atoms with E-state index in [1.54, 1.807) is 0 Å². The number of nitrogens with one attached hydrogen (secondary N) is 1. The first-order valence-electron chi connectivity index (χ1n) is 5.24. The molecule has 0 amide bonds. The Morgan fingerprint density at radius 3 is 2.86 bits per heavy atom. The third kappa shape index (κ3) is 3.65. The van der Waals surface area contributed by atoms with Gasteiger partial charge < -0.3 is 5.32 Å². The van der Waals surface area contributed by atoms with Crippen molar-refractivity contribution in [1.82, 2.24) is 0 Å². The molecule has 0 fully saturated rings. The number of anilines is 1. The second-order valence-electron chi connectivity index (χ2n) is 3.70. The lowest BCUT2D eigenvalue weighted by Crippen LogP contribution is -1.97. The van der Waals surface area contributed by atoms with Crippen LogP contribution in [0.1, 0.15) is 31.7 Å². The maximum atomic E-state index is 4.01. The van der Waals surface area contributed by atoms with Crippen LogP contribution in [0.5, 0.6) is 0 Å². The molecule has 0 saturated heterocycles. The van der Waals surface area contributed by atoms with Gasteiger partial charge in [0.25, 0.3) is 0 Å². The van der Waals surface area contributed by atoms with E-state index in [0.29, 0.717) is 0 Å². The fraction of sp³-hybridized carbons (Fsp3) is 0.385. The highest BCUT2D eigenvalue weighted by atomic mass is 14.9. The zero-order valence-corrected chi connectivity index (χ0v) is 9.14. The first-order chi connectivity index (χ1) is 6.72. The summed E-state index contributed by atoms with van der Waals surface area (Å²) in [5, 5.41) is 3.32. The number of unbranched alkanes of at least 4 members (excludes halogenated alkanes) is 1. The van der Waals surface area contributed by atoms with Crippen molar-refractivity contribution in [3.63, 3.8) is 0 Å². The summed E-state index contributed by atoms with van der Waals surface area (Å²) in [4.78, 5) is 0. The minimum absolute atomic E-state index is 1.06. The van der Waals surface area contributed by atoms with Crippen molar-refractivity contribution in [2.75, 3.05) is 5.32 Å². The van der Waals surface area contributed by atoms with Crippen LogP contribution in [0, 0.1) is 6.92 Å². The standard InChI is InChI=1S/C13H19N/c1-4-5-8-12(3)14-13-9-6-7-11(2)10-13/h6-7,9-10,14H,3-5,8H2,1-2H3. The van der Waals surface area contributed by atoms with E-state index in [1.807, 2.05) is 0 Å². The number of rotatable bonds is 5. The molecule has 1 N–H and O–H groups in total. The van der Waals surface area contributed by atoms with Crippen LogP contribution in [0.2, 0.25) is 0 Å². The van der Waals surface area contributed by atoms with Crippen LogP contribution in [-0.2, 0) is 0 Å². The van der Waals surface area contributed by atoms with Crippen molar-refractivity contribution in [2.24, 2.45) is 0 Å². The Hall–Kier alpha value is -1.24. The highest BCUT2D eigenvalue weighted by Crippen LogP contribution is 2.14. The molecule has 76 valence electrons. The monoisotopic (exact) mass is 189 g/mol. The topological polar surface area (TPSA) is 12.0 Å². The summed E-state index contributed by atoms with van der Waals surface area (Å²) in [7, 11) is 0.